The third kappa shape index (κ3) is 3.67. The fraction of sp³-hybridized carbons (Fsp3) is 0.320. The second-order valence-corrected chi connectivity index (χ2v) is 8.86. The number of nitrogens with one attached hydrogen (secondary N) is 1. The quantitative estimate of drug-likeness (QED) is 0.467. The van der Waals surface area contributed by atoms with Gasteiger partial charge in [-0.05, 0) is 48.1 Å². The molecule has 154 valence electrons. The number of hydrogen-bond acceptors (Lipinski definition) is 3. The zero-order valence-electron chi connectivity index (χ0n) is 18.3. The molecule has 0 saturated heterocycles. The number of fused-ring (bicyclic) bond motifs is 2. The van der Waals surface area contributed by atoms with Gasteiger partial charge in [-0.2, -0.15) is 5.10 Å². The molecule has 4 aromatic rings. The molecule has 0 aliphatic carbocycles. The minimum Gasteiger partial charge on any atom is -0.305 e. The molecule has 2 aromatic heterocycles. The van der Waals surface area contributed by atoms with E-state index < -0.39 is 0 Å². The first-order valence-corrected chi connectivity index (χ1v) is 10.5. The van der Waals surface area contributed by atoms with Gasteiger partial charge in [0.1, 0.15) is 0 Å². The van der Waals surface area contributed by atoms with Gasteiger partial charge in [0.15, 0.2) is 11.5 Å². The third-order valence-electron chi connectivity index (χ3n) is 5.43. The molecule has 0 atom stereocenters. The molecule has 2 heterocycles. The van der Waals surface area contributed by atoms with Crippen LogP contribution in [0.25, 0.3) is 21.9 Å². The molecule has 0 unspecified atom stereocenters. The van der Waals surface area contributed by atoms with Crippen molar-refractivity contribution in [3.63, 3.8) is 0 Å². The van der Waals surface area contributed by atoms with E-state index in [0.717, 1.165) is 40.5 Å². The van der Waals surface area contributed by atoms with Crippen LogP contribution in [0.15, 0.2) is 48.5 Å². The number of carbonyl (C=O) groups is 1. The van der Waals surface area contributed by atoms with Crippen molar-refractivity contribution in [3.05, 3.63) is 65.2 Å². The molecule has 4 rings (SSSR count). The lowest BCUT2D eigenvalue weighted by Crippen LogP contribution is -2.15. The van der Waals surface area contributed by atoms with E-state index in [0.29, 0.717) is 11.4 Å². The van der Waals surface area contributed by atoms with Crippen molar-refractivity contribution in [1.82, 2.24) is 14.8 Å². The molecule has 0 saturated carbocycles. The van der Waals surface area contributed by atoms with Gasteiger partial charge in [-0.1, -0.05) is 58.0 Å². The Labute approximate surface area is 177 Å². The Hall–Kier alpha value is -3.21. The summed E-state index contributed by atoms with van der Waals surface area (Å²) in [5.74, 6) is 0.391. The second kappa shape index (κ2) is 7.56. The second-order valence-electron chi connectivity index (χ2n) is 8.86. The summed E-state index contributed by atoms with van der Waals surface area (Å²) >= 11 is 0. The number of aromatic nitrogens is 3. The van der Waals surface area contributed by atoms with Crippen LogP contribution < -0.4 is 5.32 Å². The topological polar surface area (TPSA) is 59.8 Å². The zero-order valence-corrected chi connectivity index (χ0v) is 18.3. The van der Waals surface area contributed by atoms with Gasteiger partial charge in [0.2, 0.25) is 0 Å². The van der Waals surface area contributed by atoms with Gasteiger partial charge in [0, 0.05) is 17.5 Å². The highest BCUT2D eigenvalue weighted by Gasteiger charge is 2.18. The summed E-state index contributed by atoms with van der Waals surface area (Å²) < 4.78 is 1.89. The standard InChI is InChI=1S/C25H28N4O/c1-6-14-29-23-20(15-18-9-7-8-16(2)21(18)26-23)22(28-29)27-24(30)17-10-12-19(13-11-17)25(3,4)5/h7-13,15H,6,14H2,1-5H3,(H,27,28,30). The molecule has 30 heavy (non-hydrogen) atoms. The lowest BCUT2D eigenvalue weighted by atomic mass is 9.87. The van der Waals surface area contributed by atoms with E-state index in [2.05, 4.69) is 57.2 Å². The van der Waals surface area contributed by atoms with Gasteiger partial charge >= 0.3 is 0 Å². The maximum absolute atomic E-state index is 12.9. The predicted octanol–water partition coefficient (Wildman–Crippen LogP) is 5.85. The Kier molecular flexibility index (Phi) is 5.06. The maximum Gasteiger partial charge on any atom is 0.256 e. The minimum atomic E-state index is -0.164. The number of carbonyl (C=O) groups excluding carboxylic acids is 1. The number of para-hydroxylation sites is 1. The van der Waals surface area contributed by atoms with E-state index in [-0.39, 0.29) is 11.3 Å². The molecule has 2 aromatic carbocycles. The van der Waals surface area contributed by atoms with Crippen LogP contribution in [0.4, 0.5) is 5.82 Å². The number of benzene rings is 2. The number of hydrogen-bond donors (Lipinski definition) is 1. The molecule has 5 heteroatoms. The average molecular weight is 401 g/mol. The van der Waals surface area contributed by atoms with Gasteiger partial charge in [0.05, 0.1) is 10.9 Å². The Morgan fingerprint density at radius 1 is 1.10 bits per heavy atom. The van der Waals surface area contributed by atoms with Crippen LogP contribution >= 0.6 is 0 Å². The summed E-state index contributed by atoms with van der Waals surface area (Å²) in [6.45, 7) is 11.4. The maximum atomic E-state index is 12.9. The molecular weight excluding hydrogens is 372 g/mol. The highest BCUT2D eigenvalue weighted by Crippen LogP contribution is 2.28. The van der Waals surface area contributed by atoms with Crippen molar-refractivity contribution in [2.45, 2.75) is 53.0 Å². The van der Waals surface area contributed by atoms with Crippen LogP contribution in [0.2, 0.25) is 0 Å². The minimum absolute atomic E-state index is 0.0506. The van der Waals surface area contributed by atoms with E-state index in [1.807, 2.05) is 41.1 Å². The third-order valence-corrected chi connectivity index (χ3v) is 5.43. The van der Waals surface area contributed by atoms with Crippen LogP contribution in [-0.4, -0.2) is 20.7 Å². The number of nitrogens with zero attached hydrogens (tertiary/aromatic N) is 3. The fourth-order valence-electron chi connectivity index (χ4n) is 3.69. The number of rotatable bonds is 4. The van der Waals surface area contributed by atoms with Gasteiger partial charge in [0.25, 0.3) is 5.91 Å². The molecule has 0 spiro atoms. The van der Waals surface area contributed by atoms with Crippen LogP contribution in [0.1, 0.15) is 55.6 Å². The van der Waals surface area contributed by atoms with Gasteiger partial charge in [-0.3, -0.25) is 4.79 Å². The molecule has 1 N–H and O–H groups in total. The van der Waals surface area contributed by atoms with E-state index in [1.54, 1.807) is 0 Å². The Balaban J connectivity index is 1.74. The first kappa shape index (κ1) is 20.1. The average Bonchev–Trinajstić information content (AvgIpc) is 3.03. The smallest absolute Gasteiger partial charge is 0.256 e. The molecule has 0 radical (unpaired) electrons. The molecule has 0 aliphatic rings. The molecular formula is C25H28N4O. The summed E-state index contributed by atoms with van der Waals surface area (Å²) in [5, 5.41) is 9.59. The fourth-order valence-corrected chi connectivity index (χ4v) is 3.69. The summed E-state index contributed by atoms with van der Waals surface area (Å²) in [6.07, 6.45) is 0.936. The van der Waals surface area contributed by atoms with Crippen molar-refractivity contribution >= 4 is 33.7 Å². The van der Waals surface area contributed by atoms with E-state index in [4.69, 9.17) is 4.98 Å². The molecule has 0 bridgehead atoms. The zero-order chi connectivity index (χ0) is 21.5. The molecule has 5 nitrogen and oxygen atoms in total. The normalized spacial score (nSPS) is 11.9. The highest BCUT2D eigenvalue weighted by atomic mass is 16.1. The number of anilines is 1. The number of aryl methyl sites for hydroxylation is 2. The van der Waals surface area contributed by atoms with Crippen molar-refractivity contribution in [2.24, 2.45) is 0 Å². The molecule has 0 aliphatic heterocycles. The van der Waals surface area contributed by atoms with Gasteiger partial charge in [-0.25, -0.2) is 9.67 Å². The molecule has 1 amide bonds. The van der Waals surface area contributed by atoms with E-state index in [9.17, 15) is 4.79 Å². The van der Waals surface area contributed by atoms with Crippen molar-refractivity contribution in [1.29, 1.82) is 0 Å². The van der Waals surface area contributed by atoms with Crippen LogP contribution in [0, 0.1) is 6.92 Å². The van der Waals surface area contributed by atoms with Gasteiger partial charge in [-0.15, -0.1) is 0 Å². The lowest BCUT2D eigenvalue weighted by molar-refractivity contribution is 0.102. The Bertz CT molecular complexity index is 1230. The van der Waals surface area contributed by atoms with Crippen molar-refractivity contribution in [3.8, 4) is 0 Å². The Morgan fingerprint density at radius 3 is 2.50 bits per heavy atom. The van der Waals surface area contributed by atoms with E-state index >= 15 is 0 Å². The van der Waals surface area contributed by atoms with Crippen molar-refractivity contribution in [2.75, 3.05) is 5.32 Å². The summed E-state index contributed by atoms with van der Waals surface area (Å²) in [6, 6.07) is 16.0. The predicted molar refractivity (Wildman–Crippen MR) is 123 cm³/mol. The van der Waals surface area contributed by atoms with Crippen molar-refractivity contribution < 1.29 is 4.79 Å². The largest absolute Gasteiger partial charge is 0.305 e. The number of amides is 1. The first-order valence-electron chi connectivity index (χ1n) is 10.5. The first-order chi connectivity index (χ1) is 14.3. The SMILES string of the molecule is CCCn1nc(NC(=O)c2ccc(C(C)(C)C)cc2)c2cc3cccc(C)c3nc21. The number of pyridine rings is 1. The molecule has 0 fully saturated rings. The highest BCUT2D eigenvalue weighted by molar-refractivity contribution is 6.09. The summed E-state index contributed by atoms with van der Waals surface area (Å²) in [7, 11) is 0. The monoisotopic (exact) mass is 400 g/mol. The van der Waals surface area contributed by atoms with Crippen LogP contribution in [0.5, 0.6) is 0 Å². The lowest BCUT2D eigenvalue weighted by Gasteiger charge is -2.19. The summed E-state index contributed by atoms with van der Waals surface area (Å²) in [5.41, 5.74) is 4.77. The van der Waals surface area contributed by atoms with Crippen LogP contribution in [0.3, 0.4) is 0 Å². The van der Waals surface area contributed by atoms with E-state index in [1.165, 1.54) is 5.56 Å². The summed E-state index contributed by atoms with van der Waals surface area (Å²) in [4.78, 5) is 17.8. The van der Waals surface area contributed by atoms with Gasteiger partial charge < -0.3 is 5.32 Å². The Morgan fingerprint density at radius 2 is 1.83 bits per heavy atom. The van der Waals surface area contributed by atoms with Crippen LogP contribution in [-0.2, 0) is 12.0 Å².